The monoisotopic (exact) mass is 258 g/mol. The fourth-order valence-corrected chi connectivity index (χ4v) is 2.10. The minimum atomic E-state index is -1.02. The van der Waals surface area contributed by atoms with E-state index in [0.717, 1.165) is 11.5 Å². The van der Waals surface area contributed by atoms with Gasteiger partial charge in [0.05, 0.1) is 11.4 Å². The van der Waals surface area contributed by atoms with E-state index in [1.54, 1.807) is 0 Å². The summed E-state index contributed by atoms with van der Waals surface area (Å²) in [5.41, 5.74) is 0.826. The number of amides is 1. The lowest BCUT2D eigenvalue weighted by Crippen LogP contribution is -2.36. The van der Waals surface area contributed by atoms with E-state index in [2.05, 4.69) is 10.5 Å². The predicted molar refractivity (Wildman–Crippen MR) is 62.6 cm³/mol. The Balaban J connectivity index is 2.22. The van der Waals surface area contributed by atoms with Crippen molar-refractivity contribution in [1.29, 1.82) is 0 Å². The second-order valence-electron chi connectivity index (χ2n) is 3.45. The molecule has 1 atom stereocenters. The Hall–Kier alpha value is -1.50. The summed E-state index contributed by atoms with van der Waals surface area (Å²) in [4.78, 5) is 20.9. The maximum absolute atomic E-state index is 10.7. The minimum absolute atomic E-state index is 0.381. The van der Waals surface area contributed by atoms with Crippen LogP contribution >= 0.6 is 11.8 Å². The lowest BCUT2D eigenvalue weighted by molar-refractivity contribution is -0.140. The van der Waals surface area contributed by atoms with Gasteiger partial charge in [0.2, 0.25) is 6.41 Å². The van der Waals surface area contributed by atoms with Gasteiger partial charge in [-0.1, -0.05) is 5.16 Å². The maximum atomic E-state index is 10.7. The highest BCUT2D eigenvalue weighted by molar-refractivity contribution is 7.98. The molecule has 0 aromatic carbocycles. The highest BCUT2D eigenvalue weighted by Gasteiger charge is 2.15. The van der Waals surface area contributed by atoms with E-state index < -0.39 is 12.0 Å². The molecular formula is C10H14N2O4S. The van der Waals surface area contributed by atoms with Crippen molar-refractivity contribution in [2.45, 2.75) is 25.1 Å². The zero-order chi connectivity index (χ0) is 12.7. The van der Waals surface area contributed by atoms with Crippen LogP contribution in [-0.4, -0.2) is 34.4 Å². The van der Waals surface area contributed by atoms with Gasteiger partial charge in [0.1, 0.15) is 11.8 Å². The average molecular weight is 258 g/mol. The minimum Gasteiger partial charge on any atom is -0.480 e. The fraction of sp³-hybridized carbons (Fsp3) is 0.500. The molecule has 1 amide bonds. The highest BCUT2D eigenvalue weighted by atomic mass is 32.2. The van der Waals surface area contributed by atoms with Gasteiger partial charge in [-0.15, -0.1) is 0 Å². The first-order valence-corrected chi connectivity index (χ1v) is 6.21. The molecule has 1 unspecified atom stereocenters. The normalized spacial score (nSPS) is 12.1. The fourth-order valence-electron chi connectivity index (χ4n) is 1.22. The molecular weight excluding hydrogens is 244 g/mol. The van der Waals surface area contributed by atoms with Gasteiger partial charge in [0.15, 0.2) is 0 Å². The molecule has 0 bridgehead atoms. The Morgan fingerprint density at radius 1 is 1.76 bits per heavy atom. The molecule has 1 rings (SSSR count). The summed E-state index contributed by atoms with van der Waals surface area (Å²) >= 11 is 1.54. The Labute approximate surface area is 103 Å². The largest absolute Gasteiger partial charge is 0.480 e. The van der Waals surface area contributed by atoms with Gasteiger partial charge in [-0.2, -0.15) is 11.8 Å². The molecule has 94 valence electrons. The molecule has 0 aliphatic rings. The lowest BCUT2D eigenvalue weighted by Gasteiger charge is -2.09. The van der Waals surface area contributed by atoms with E-state index in [4.69, 9.17) is 9.63 Å². The van der Waals surface area contributed by atoms with Crippen molar-refractivity contribution in [3.63, 3.8) is 0 Å². The van der Waals surface area contributed by atoms with Crippen molar-refractivity contribution >= 4 is 24.1 Å². The summed E-state index contributed by atoms with van der Waals surface area (Å²) < 4.78 is 5.01. The third kappa shape index (κ3) is 4.90. The summed E-state index contributed by atoms with van der Waals surface area (Å²) in [6.45, 7) is 1.84. The number of hydrogen-bond acceptors (Lipinski definition) is 5. The van der Waals surface area contributed by atoms with Gasteiger partial charge >= 0.3 is 5.97 Å². The molecule has 1 heterocycles. The number of nitrogens with zero attached hydrogens (tertiary/aromatic N) is 1. The van der Waals surface area contributed by atoms with Gasteiger partial charge in [0.25, 0.3) is 0 Å². The smallest absolute Gasteiger partial charge is 0.326 e. The quantitative estimate of drug-likeness (QED) is 0.529. The van der Waals surface area contributed by atoms with Crippen LogP contribution in [0.3, 0.4) is 0 Å². The van der Waals surface area contributed by atoms with Crippen LogP contribution in [0.1, 0.15) is 17.9 Å². The summed E-state index contributed by atoms with van der Waals surface area (Å²) in [6.07, 6.45) is 0.787. The van der Waals surface area contributed by atoms with Gasteiger partial charge < -0.3 is 14.9 Å². The van der Waals surface area contributed by atoms with Crippen molar-refractivity contribution in [3.8, 4) is 0 Å². The van der Waals surface area contributed by atoms with E-state index in [0.29, 0.717) is 24.3 Å². The molecule has 17 heavy (non-hydrogen) atoms. The van der Waals surface area contributed by atoms with Gasteiger partial charge in [-0.3, -0.25) is 4.79 Å². The highest BCUT2D eigenvalue weighted by Crippen LogP contribution is 2.14. The van der Waals surface area contributed by atoms with E-state index in [1.165, 1.54) is 11.8 Å². The average Bonchev–Trinajstić information content (AvgIpc) is 2.68. The SMILES string of the molecule is Cc1cc(CSCCC(NC=O)C(=O)O)on1. The molecule has 0 spiro atoms. The molecule has 2 N–H and O–H groups in total. The number of aliphatic carboxylic acids is 1. The molecule has 0 radical (unpaired) electrons. The molecule has 0 fully saturated rings. The number of thioether (sulfide) groups is 1. The summed E-state index contributed by atoms with van der Waals surface area (Å²) in [7, 11) is 0. The number of nitrogens with one attached hydrogen (secondary N) is 1. The van der Waals surface area contributed by atoms with Crippen LogP contribution in [0, 0.1) is 6.92 Å². The van der Waals surface area contributed by atoms with Crippen LogP contribution in [0.2, 0.25) is 0 Å². The summed E-state index contributed by atoms with van der Waals surface area (Å²) in [5.74, 6) is 1.02. The topological polar surface area (TPSA) is 92.4 Å². The Bertz CT molecular complexity index is 380. The summed E-state index contributed by atoms with van der Waals surface area (Å²) in [5, 5.41) is 14.8. The van der Waals surface area contributed by atoms with Crippen LogP contribution in [0.4, 0.5) is 0 Å². The molecule has 6 nitrogen and oxygen atoms in total. The van der Waals surface area contributed by atoms with Crippen LogP contribution in [0.15, 0.2) is 10.6 Å². The first-order valence-electron chi connectivity index (χ1n) is 5.06. The maximum Gasteiger partial charge on any atom is 0.326 e. The lowest BCUT2D eigenvalue weighted by atomic mass is 10.2. The van der Waals surface area contributed by atoms with Crippen LogP contribution in [-0.2, 0) is 15.3 Å². The van der Waals surface area contributed by atoms with E-state index in [1.807, 2.05) is 13.0 Å². The number of aromatic nitrogens is 1. The number of aryl methyl sites for hydroxylation is 1. The zero-order valence-corrected chi connectivity index (χ0v) is 10.2. The number of carbonyl (C=O) groups is 2. The Morgan fingerprint density at radius 3 is 3.06 bits per heavy atom. The van der Waals surface area contributed by atoms with Gasteiger partial charge in [-0.05, 0) is 19.1 Å². The third-order valence-corrected chi connectivity index (χ3v) is 3.05. The van der Waals surface area contributed by atoms with Gasteiger partial charge in [-0.25, -0.2) is 4.79 Å². The number of hydrogen-bond donors (Lipinski definition) is 2. The van der Waals surface area contributed by atoms with Crippen molar-refractivity contribution in [2.24, 2.45) is 0 Å². The van der Waals surface area contributed by atoms with Crippen LogP contribution in [0.5, 0.6) is 0 Å². The number of carboxylic acid groups (broad SMARTS) is 1. The Kier molecular flexibility index (Phi) is 5.55. The first kappa shape index (κ1) is 13.6. The zero-order valence-electron chi connectivity index (χ0n) is 9.38. The molecule has 0 aliphatic heterocycles. The molecule has 0 saturated heterocycles. The molecule has 1 aromatic heterocycles. The first-order chi connectivity index (χ1) is 8.13. The van der Waals surface area contributed by atoms with E-state index in [-0.39, 0.29) is 0 Å². The second kappa shape index (κ2) is 6.95. The molecule has 7 heteroatoms. The second-order valence-corrected chi connectivity index (χ2v) is 4.56. The van der Waals surface area contributed by atoms with Crippen LogP contribution < -0.4 is 5.32 Å². The number of carboxylic acids is 1. The predicted octanol–water partition coefficient (Wildman–Crippen LogP) is 0.806. The van der Waals surface area contributed by atoms with E-state index >= 15 is 0 Å². The number of rotatable bonds is 8. The van der Waals surface area contributed by atoms with Crippen molar-refractivity contribution < 1.29 is 19.2 Å². The molecule has 1 aromatic rings. The summed E-state index contributed by atoms with van der Waals surface area (Å²) in [6, 6.07) is 1.02. The van der Waals surface area contributed by atoms with E-state index in [9.17, 15) is 9.59 Å². The van der Waals surface area contributed by atoms with Gasteiger partial charge in [0, 0.05) is 6.07 Å². The van der Waals surface area contributed by atoms with Crippen LogP contribution in [0.25, 0.3) is 0 Å². The standard InChI is InChI=1S/C10H14N2O4S/c1-7-4-8(16-12-7)5-17-3-2-9(10(14)15)11-6-13/h4,6,9H,2-3,5H2,1H3,(H,11,13)(H,14,15). The van der Waals surface area contributed by atoms with Crippen molar-refractivity contribution in [1.82, 2.24) is 10.5 Å². The third-order valence-electron chi connectivity index (χ3n) is 2.04. The molecule has 0 aliphatic carbocycles. The molecule has 0 saturated carbocycles. The Morgan fingerprint density at radius 2 is 2.53 bits per heavy atom. The van der Waals surface area contributed by atoms with Crippen molar-refractivity contribution in [2.75, 3.05) is 5.75 Å². The number of carbonyl (C=O) groups excluding carboxylic acids is 1. The van der Waals surface area contributed by atoms with Crippen molar-refractivity contribution in [3.05, 3.63) is 17.5 Å².